The molecule has 3 heterocycles. The number of nitrogens with zero attached hydrogens (tertiary/aromatic N) is 5. The molecule has 0 unspecified atom stereocenters. The van der Waals surface area contributed by atoms with Crippen molar-refractivity contribution in [1.82, 2.24) is 19.5 Å². The summed E-state index contributed by atoms with van der Waals surface area (Å²) < 4.78 is 7.46. The molecule has 0 bridgehead atoms. The third-order valence-corrected chi connectivity index (χ3v) is 5.44. The number of rotatable bonds is 7. The predicted octanol–water partition coefficient (Wildman–Crippen LogP) is 3.48. The third-order valence-electron chi connectivity index (χ3n) is 5.44. The summed E-state index contributed by atoms with van der Waals surface area (Å²) >= 11 is 0. The molecule has 1 fully saturated rings. The van der Waals surface area contributed by atoms with E-state index in [1.165, 1.54) is 6.42 Å². The summed E-state index contributed by atoms with van der Waals surface area (Å²) in [5, 5.41) is 12.6. The molecular weight excluding hydrogens is 380 g/mol. The summed E-state index contributed by atoms with van der Waals surface area (Å²) in [7, 11) is 1.66. The lowest BCUT2D eigenvalue weighted by Gasteiger charge is -2.27. The maximum absolute atomic E-state index is 9.34. The number of aliphatic hydroxyl groups is 1. The summed E-state index contributed by atoms with van der Waals surface area (Å²) in [5.74, 6) is 3.05. The van der Waals surface area contributed by atoms with E-state index in [0.717, 1.165) is 60.2 Å². The second-order valence-electron chi connectivity index (χ2n) is 7.87. The number of benzene rings is 1. The maximum atomic E-state index is 9.34. The second-order valence-corrected chi connectivity index (χ2v) is 7.87. The minimum atomic E-state index is 0.0285. The van der Waals surface area contributed by atoms with Gasteiger partial charge >= 0.3 is 0 Å². The van der Waals surface area contributed by atoms with Crippen LogP contribution in [0.3, 0.4) is 0 Å². The van der Waals surface area contributed by atoms with Crippen LogP contribution in [0.15, 0.2) is 24.3 Å². The Balaban J connectivity index is 1.89. The SMILES string of the molecule is COc1ccc(-c2nc3c(NCCO)nc(N4CCCCC4)nc3n2C(C)C)cc1. The van der Waals surface area contributed by atoms with Crippen LogP contribution in [0.2, 0.25) is 0 Å². The molecule has 8 nitrogen and oxygen atoms in total. The van der Waals surface area contributed by atoms with Crippen LogP contribution in [0.1, 0.15) is 39.2 Å². The van der Waals surface area contributed by atoms with Crippen LogP contribution in [0, 0.1) is 0 Å². The van der Waals surface area contributed by atoms with Crippen LogP contribution in [0.25, 0.3) is 22.6 Å². The number of methoxy groups -OCH3 is 1. The van der Waals surface area contributed by atoms with Crippen molar-refractivity contribution in [3.8, 4) is 17.1 Å². The quantitative estimate of drug-likeness (QED) is 0.616. The first kappa shape index (κ1) is 20.4. The van der Waals surface area contributed by atoms with Crippen molar-refractivity contribution in [3.05, 3.63) is 24.3 Å². The highest BCUT2D eigenvalue weighted by Crippen LogP contribution is 2.32. The van der Waals surface area contributed by atoms with Crippen LogP contribution in [0.5, 0.6) is 5.75 Å². The van der Waals surface area contributed by atoms with Gasteiger partial charge in [0.25, 0.3) is 0 Å². The lowest BCUT2D eigenvalue weighted by Crippen LogP contribution is -2.31. The maximum Gasteiger partial charge on any atom is 0.229 e. The molecule has 30 heavy (non-hydrogen) atoms. The average molecular weight is 411 g/mol. The van der Waals surface area contributed by atoms with E-state index >= 15 is 0 Å². The number of fused-ring (bicyclic) bond motifs is 1. The lowest BCUT2D eigenvalue weighted by atomic mass is 10.1. The molecule has 0 saturated carbocycles. The van der Waals surface area contributed by atoms with Crippen LogP contribution in [-0.4, -0.2) is 58.0 Å². The summed E-state index contributed by atoms with van der Waals surface area (Å²) in [6.45, 7) is 6.65. The molecule has 0 amide bonds. The minimum Gasteiger partial charge on any atom is -0.497 e. The first-order valence-corrected chi connectivity index (χ1v) is 10.7. The van der Waals surface area contributed by atoms with E-state index in [-0.39, 0.29) is 12.6 Å². The van der Waals surface area contributed by atoms with Crippen molar-refractivity contribution >= 4 is 22.9 Å². The van der Waals surface area contributed by atoms with Gasteiger partial charge in [0.05, 0.1) is 13.7 Å². The highest BCUT2D eigenvalue weighted by molar-refractivity contribution is 5.88. The number of anilines is 2. The molecule has 4 rings (SSSR count). The number of piperidine rings is 1. The van der Waals surface area contributed by atoms with E-state index in [1.54, 1.807) is 7.11 Å². The van der Waals surface area contributed by atoms with Gasteiger partial charge in [-0.25, -0.2) is 4.98 Å². The van der Waals surface area contributed by atoms with Gasteiger partial charge in [-0.3, -0.25) is 0 Å². The monoisotopic (exact) mass is 410 g/mol. The second kappa shape index (κ2) is 8.87. The first-order chi connectivity index (χ1) is 14.6. The van der Waals surface area contributed by atoms with E-state index in [0.29, 0.717) is 12.4 Å². The fraction of sp³-hybridized carbons (Fsp3) is 0.500. The molecule has 1 aliphatic heterocycles. The number of aromatic nitrogens is 4. The number of hydrogen-bond acceptors (Lipinski definition) is 7. The van der Waals surface area contributed by atoms with E-state index < -0.39 is 0 Å². The van der Waals surface area contributed by atoms with Crippen LogP contribution < -0.4 is 15.0 Å². The fourth-order valence-electron chi connectivity index (χ4n) is 3.93. The van der Waals surface area contributed by atoms with Gasteiger partial charge in [0.1, 0.15) is 11.6 Å². The highest BCUT2D eigenvalue weighted by Gasteiger charge is 2.23. The zero-order chi connectivity index (χ0) is 21.1. The Labute approximate surface area is 176 Å². The molecule has 1 saturated heterocycles. The molecule has 1 aromatic carbocycles. The largest absolute Gasteiger partial charge is 0.497 e. The van der Waals surface area contributed by atoms with E-state index in [2.05, 4.69) is 28.6 Å². The van der Waals surface area contributed by atoms with Gasteiger partial charge in [-0.15, -0.1) is 0 Å². The number of imidazole rings is 1. The minimum absolute atomic E-state index is 0.0285. The van der Waals surface area contributed by atoms with Gasteiger partial charge in [0.2, 0.25) is 5.95 Å². The van der Waals surface area contributed by atoms with Gasteiger partial charge in [-0.2, -0.15) is 9.97 Å². The van der Waals surface area contributed by atoms with Gasteiger partial charge in [-0.05, 0) is 57.4 Å². The molecule has 0 atom stereocenters. The Hall–Kier alpha value is -2.87. The number of hydrogen-bond donors (Lipinski definition) is 2. The van der Waals surface area contributed by atoms with E-state index in [4.69, 9.17) is 19.7 Å². The molecule has 0 spiro atoms. The Morgan fingerprint density at radius 3 is 2.43 bits per heavy atom. The number of ether oxygens (including phenoxy) is 1. The van der Waals surface area contributed by atoms with Crippen molar-refractivity contribution in [2.45, 2.75) is 39.2 Å². The first-order valence-electron chi connectivity index (χ1n) is 10.7. The van der Waals surface area contributed by atoms with Crippen LogP contribution in [-0.2, 0) is 0 Å². The molecule has 0 radical (unpaired) electrons. The third kappa shape index (κ3) is 3.92. The standard InChI is InChI=1S/C22H30N6O2/c1-15(2)28-20(16-7-9-17(30-3)10-8-16)24-18-19(23-11-14-29)25-22(26-21(18)28)27-12-5-4-6-13-27/h7-10,15,29H,4-6,11-14H2,1-3H3,(H,23,25,26). The number of nitrogens with one attached hydrogen (secondary N) is 1. The smallest absolute Gasteiger partial charge is 0.229 e. The molecule has 2 aromatic heterocycles. The van der Waals surface area contributed by atoms with Crippen molar-refractivity contribution in [2.75, 3.05) is 43.6 Å². The predicted molar refractivity (Wildman–Crippen MR) is 119 cm³/mol. The highest BCUT2D eigenvalue weighted by atomic mass is 16.5. The normalized spacial score (nSPS) is 14.5. The topological polar surface area (TPSA) is 88.3 Å². The summed E-state index contributed by atoms with van der Waals surface area (Å²) in [6, 6.07) is 8.07. The zero-order valence-electron chi connectivity index (χ0n) is 17.9. The average Bonchev–Trinajstić information content (AvgIpc) is 3.18. The molecule has 160 valence electrons. The molecule has 8 heteroatoms. The Kier molecular flexibility index (Phi) is 6.03. The molecule has 1 aliphatic rings. The van der Waals surface area contributed by atoms with E-state index in [1.807, 2.05) is 24.3 Å². The molecule has 3 aromatic rings. The van der Waals surface area contributed by atoms with Crippen molar-refractivity contribution in [1.29, 1.82) is 0 Å². The summed E-state index contributed by atoms with van der Waals surface area (Å²) in [5.41, 5.74) is 2.53. The Bertz CT molecular complexity index is 993. The summed E-state index contributed by atoms with van der Waals surface area (Å²) in [6.07, 6.45) is 3.56. The van der Waals surface area contributed by atoms with Crippen molar-refractivity contribution < 1.29 is 9.84 Å². The molecular formula is C22H30N6O2. The Morgan fingerprint density at radius 1 is 1.07 bits per heavy atom. The molecule has 2 N–H and O–H groups in total. The zero-order valence-corrected chi connectivity index (χ0v) is 17.9. The van der Waals surface area contributed by atoms with Crippen molar-refractivity contribution in [3.63, 3.8) is 0 Å². The van der Waals surface area contributed by atoms with Crippen molar-refractivity contribution in [2.24, 2.45) is 0 Å². The van der Waals surface area contributed by atoms with Gasteiger partial charge in [-0.1, -0.05) is 0 Å². The van der Waals surface area contributed by atoms with Gasteiger partial charge in [0.15, 0.2) is 17.0 Å². The summed E-state index contributed by atoms with van der Waals surface area (Å²) in [4.78, 5) is 16.9. The van der Waals surface area contributed by atoms with Crippen LogP contribution >= 0.6 is 0 Å². The molecule has 0 aliphatic carbocycles. The number of aliphatic hydroxyl groups excluding tert-OH is 1. The van der Waals surface area contributed by atoms with Crippen LogP contribution in [0.4, 0.5) is 11.8 Å². The van der Waals surface area contributed by atoms with Gasteiger partial charge in [0, 0.05) is 31.2 Å². The van der Waals surface area contributed by atoms with E-state index in [9.17, 15) is 5.11 Å². The Morgan fingerprint density at radius 2 is 1.80 bits per heavy atom. The van der Waals surface area contributed by atoms with Gasteiger partial charge < -0.3 is 24.6 Å². The fourth-order valence-corrected chi connectivity index (χ4v) is 3.93. The lowest BCUT2D eigenvalue weighted by molar-refractivity contribution is 0.311.